The monoisotopic (exact) mass is 301 g/mol. The molecule has 0 radical (unpaired) electrons. The van der Waals surface area contributed by atoms with Crippen molar-refractivity contribution in [1.29, 1.82) is 0 Å². The van der Waals surface area contributed by atoms with E-state index in [-0.39, 0.29) is 5.57 Å². The molecule has 22 heavy (non-hydrogen) atoms. The molecule has 5 nitrogen and oxygen atoms in total. The molecule has 0 aliphatic carbocycles. The first-order valence-corrected chi connectivity index (χ1v) is 7.05. The van der Waals surface area contributed by atoms with E-state index in [2.05, 4.69) is 4.99 Å². The van der Waals surface area contributed by atoms with Crippen molar-refractivity contribution in [3.63, 3.8) is 0 Å². The zero-order valence-corrected chi connectivity index (χ0v) is 13.5. The van der Waals surface area contributed by atoms with Crippen LogP contribution in [0, 0.1) is 0 Å². The Kier molecular flexibility index (Phi) is 6.38. The number of nitrogens with zero attached hydrogens (tertiary/aromatic N) is 1. The fourth-order valence-corrected chi connectivity index (χ4v) is 2.16. The molecule has 0 aromatic heterocycles. The Morgan fingerprint density at radius 1 is 1.32 bits per heavy atom. The van der Waals surface area contributed by atoms with Gasteiger partial charge in [-0.2, -0.15) is 0 Å². The number of allylic oxidation sites excluding steroid dienone is 2. The first-order valence-electron chi connectivity index (χ1n) is 7.05. The number of aliphatic imine (C=N–C) groups is 1. The highest BCUT2D eigenvalue weighted by atomic mass is 16.5. The summed E-state index contributed by atoms with van der Waals surface area (Å²) < 4.78 is 5.48. The number of carbonyl (C=O) groups is 1. The smallest absolute Gasteiger partial charge is 0.252 e. The van der Waals surface area contributed by atoms with Crippen LogP contribution in [0.4, 0.5) is 0 Å². The van der Waals surface area contributed by atoms with Crippen LogP contribution in [0.1, 0.15) is 26.3 Å². The maximum Gasteiger partial charge on any atom is 0.252 e. The van der Waals surface area contributed by atoms with E-state index < -0.39 is 5.91 Å². The van der Waals surface area contributed by atoms with Gasteiger partial charge in [0.1, 0.15) is 5.75 Å². The predicted molar refractivity (Wildman–Crippen MR) is 90.7 cm³/mol. The third kappa shape index (κ3) is 4.48. The van der Waals surface area contributed by atoms with E-state index in [1.807, 2.05) is 44.2 Å². The van der Waals surface area contributed by atoms with Crippen LogP contribution in [-0.4, -0.2) is 25.3 Å². The average Bonchev–Trinajstić information content (AvgIpc) is 2.44. The number of carbonyl (C=O) groups excluding carboxylic acids is 1. The Morgan fingerprint density at radius 2 is 2.00 bits per heavy atom. The van der Waals surface area contributed by atoms with Crippen molar-refractivity contribution in [3.05, 3.63) is 46.7 Å². The van der Waals surface area contributed by atoms with Crippen LogP contribution in [0.15, 0.2) is 46.1 Å². The molecule has 1 rings (SSSR count). The van der Waals surface area contributed by atoms with Gasteiger partial charge >= 0.3 is 0 Å². The highest BCUT2D eigenvalue weighted by Crippen LogP contribution is 2.18. The topological polar surface area (TPSA) is 90.7 Å². The fraction of sp³-hybridized carbons (Fsp3) is 0.294. The quantitative estimate of drug-likeness (QED) is 0.624. The molecule has 0 fully saturated rings. The van der Waals surface area contributed by atoms with Crippen LogP contribution in [0.3, 0.4) is 0 Å². The lowest BCUT2D eigenvalue weighted by Crippen LogP contribution is -2.25. The minimum absolute atomic E-state index is 0.247. The molecule has 0 saturated carbocycles. The molecule has 0 heterocycles. The summed E-state index contributed by atoms with van der Waals surface area (Å²) in [6, 6.07) is 7.67. The largest absolute Gasteiger partial charge is 0.494 e. The SMILES string of the molecule is CCOc1cccc(/C=C(\C)C(=NC)/C(C(N)=O)=C(\C)N)c1. The summed E-state index contributed by atoms with van der Waals surface area (Å²) in [5.74, 6) is 0.205. The van der Waals surface area contributed by atoms with Crippen molar-refractivity contribution in [2.45, 2.75) is 20.8 Å². The summed E-state index contributed by atoms with van der Waals surface area (Å²) in [7, 11) is 1.61. The first-order chi connectivity index (χ1) is 10.4. The van der Waals surface area contributed by atoms with E-state index in [0.29, 0.717) is 18.0 Å². The predicted octanol–water partition coefficient (Wildman–Crippen LogP) is 2.28. The Labute approximate surface area is 131 Å². The molecule has 0 atom stereocenters. The molecule has 0 spiro atoms. The van der Waals surface area contributed by atoms with E-state index in [1.165, 1.54) is 0 Å². The maximum absolute atomic E-state index is 11.6. The van der Waals surface area contributed by atoms with Crippen LogP contribution in [0.5, 0.6) is 5.75 Å². The van der Waals surface area contributed by atoms with E-state index >= 15 is 0 Å². The molecule has 0 bridgehead atoms. The molecule has 0 aliphatic rings. The molecule has 0 unspecified atom stereocenters. The standard InChI is InChI=1S/C17H23N3O2/c1-5-22-14-8-6-7-13(10-14)9-11(2)16(20-4)15(12(3)18)17(19)21/h6-10H,5,18H2,1-4H3,(H2,19,21)/b11-9+,15-12-,20-16?. The van der Waals surface area contributed by atoms with Crippen LogP contribution in [-0.2, 0) is 4.79 Å². The summed E-state index contributed by atoms with van der Waals surface area (Å²) in [4.78, 5) is 15.8. The van der Waals surface area contributed by atoms with Gasteiger partial charge in [-0.3, -0.25) is 9.79 Å². The Morgan fingerprint density at radius 3 is 2.50 bits per heavy atom. The Bertz CT molecular complexity index is 639. The number of amides is 1. The van der Waals surface area contributed by atoms with Crippen molar-refractivity contribution in [2.24, 2.45) is 16.5 Å². The lowest BCUT2D eigenvalue weighted by atomic mass is 9.99. The number of ether oxygens (including phenoxy) is 1. The van der Waals surface area contributed by atoms with E-state index in [0.717, 1.165) is 16.9 Å². The summed E-state index contributed by atoms with van der Waals surface area (Å²) in [6.45, 7) is 6.04. The Hall–Kier alpha value is -2.56. The Balaban J connectivity index is 3.22. The van der Waals surface area contributed by atoms with Gasteiger partial charge in [0.25, 0.3) is 5.91 Å². The molecule has 0 aliphatic heterocycles. The second-order valence-corrected chi connectivity index (χ2v) is 4.83. The third-order valence-corrected chi connectivity index (χ3v) is 3.03. The van der Waals surface area contributed by atoms with Gasteiger partial charge in [-0.15, -0.1) is 0 Å². The van der Waals surface area contributed by atoms with Crippen molar-refractivity contribution in [2.75, 3.05) is 13.7 Å². The van der Waals surface area contributed by atoms with Gasteiger partial charge in [-0.1, -0.05) is 12.1 Å². The number of rotatable bonds is 6. The van der Waals surface area contributed by atoms with Crippen molar-refractivity contribution < 1.29 is 9.53 Å². The van der Waals surface area contributed by atoms with E-state index in [1.54, 1.807) is 14.0 Å². The maximum atomic E-state index is 11.6. The minimum Gasteiger partial charge on any atom is -0.494 e. The van der Waals surface area contributed by atoms with Crippen molar-refractivity contribution in [3.8, 4) is 5.75 Å². The first kappa shape index (κ1) is 17.5. The van der Waals surface area contributed by atoms with Gasteiger partial charge in [0.15, 0.2) is 0 Å². The number of hydrogen-bond donors (Lipinski definition) is 2. The number of hydrogen-bond acceptors (Lipinski definition) is 4. The normalized spacial score (nSPS) is 13.6. The third-order valence-electron chi connectivity index (χ3n) is 3.03. The minimum atomic E-state index is -0.587. The number of benzene rings is 1. The highest BCUT2D eigenvalue weighted by Gasteiger charge is 2.16. The van der Waals surface area contributed by atoms with Gasteiger partial charge in [0, 0.05) is 12.7 Å². The zero-order chi connectivity index (χ0) is 16.7. The van der Waals surface area contributed by atoms with Crippen LogP contribution in [0.2, 0.25) is 0 Å². The van der Waals surface area contributed by atoms with E-state index in [9.17, 15) is 4.79 Å². The van der Waals surface area contributed by atoms with Crippen LogP contribution >= 0.6 is 0 Å². The van der Waals surface area contributed by atoms with Crippen molar-refractivity contribution >= 4 is 17.7 Å². The van der Waals surface area contributed by atoms with Gasteiger partial charge in [-0.25, -0.2) is 0 Å². The molecule has 0 saturated heterocycles. The molecule has 1 aromatic carbocycles. The van der Waals surface area contributed by atoms with Crippen LogP contribution < -0.4 is 16.2 Å². The fourth-order valence-electron chi connectivity index (χ4n) is 2.16. The average molecular weight is 301 g/mol. The summed E-state index contributed by atoms with van der Waals surface area (Å²) >= 11 is 0. The molecular formula is C17H23N3O2. The molecule has 4 N–H and O–H groups in total. The summed E-state index contributed by atoms with van der Waals surface area (Å²) in [5, 5.41) is 0. The van der Waals surface area contributed by atoms with Gasteiger partial charge in [-0.05, 0) is 50.1 Å². The molecule has 118 valence electrons. The molecular weight excluding hydrogens is 278 g/mol. The van der Waals surface area contributed by atoms with Gasteiger partial charge in [0.05, 0.1) is 17.9 Å². The lowest BCUT2D eigenvalue weighted by Gasteiger charge is -2.11. The van der Waals surface area contributed by atoms with Crippen LogP contribution in [0.25, 0.3) is 6.08 Å². The van der Waals surface area contributed by atoms with Crippen molar-refractivity contribution in [1.82, 2.24) is 0 Å². The highest BCUT2D eigenvalue weighted by molar-refractivity contribution is 6.28. The second kappa shape index (κ2) is 8.02. The van der Waals surface area contributed by atoms with Gasteiger partial charge < -0.3 is 16.2 Å². The zero-order valence-electron chi connectivity index (χ0n) is 13.5. The lowest BCUT2D eigenvalue weighted by molar-refractivity contribution is -0.114. The summed E-state index contributed by atoms with van der Waals surface area (Å²) in [5.41, 5.74) is 14.0. The second-order valence-electron chi connectivity index (χ2n) is 4.83. The van der Waals surface area contributed by atoms with E-state index in [4.69, 9.17) is 16.2 Å². The van der Waals surface area contributed by atoms with Gasteiger partial charge in [0.2, 0.25) is 0 Å². The summed E-state index contributed by atoms with van der Waals surface area (Å²) in [6.07, 6.45) is 1.91. The number of primary amides is 1. The molecule has 1 aromatic rings. The number of nitrogens with two attached hydrogens (primary N) is 2. The molecule has 5 heteroatoms. The molecule has 1 amide bonds.